The van der Waals surface area contributed by atoms with Gasteiger partial charge in [-0.2, -0.15) is 0 Å². The highest BCUT2D eigenvalue weighted by Gasteiger charge is 2.44. The highest BCUT2D eigenvalue weighted by atomic mass is 16.6. The van der Waals surface area contributed by atoms with Crippen LogP contribution in [0.25, 0.3) is 0 Å². The molecule has 1 aromatic heterocycles. The molecule has 0 aliphatic carbocycles. The molecule has 3 rings (SSSR count). The minimum Gasteiger partial charge on any atom is -0.493 e. The first-order valence-electron chi connectivity index (χ1n) is 8.56. The predicted octanol–water partition coefficient (Wildman–Crippen LogP) is -1.24. The van der Waals surface area contributed by atoms with E-state index in [-0.39, 0.29) is 12.1 Å². The second kappa shape index (κ2) is 8.15. The second-order valence-corrected chi connectivity index (χ2v) is 6.42. The van der Waals surface area contributed by atoms with Crippen LogP contribution in [0, 0.1) is 0 Å². The van der Waals surface area contributed by atoms with Gasteiger partial charge >= 0.3 is 5.69 Å². The highest BCUT2D eigenvalue weighted by molar-refractivity contribution is 5.43. The first-order chi connectivity index (χ1) is 13.4. The van der Waals surface area contributed by atoms with Crippen LogP contribution in [-0.4, -0.2) is 64.0 Å². The van der Waals surface area contributed by atoms with Gasteiger partial charge < -0.3 is 29.5 Å². The summed E-state index contributed by atoms with van der Waals surface area (Å²) in [6, 6.07) is 5.13. The molecule has 0 amide bonds. The Morgan fingerprint density at radius 3 is 2.46 bits per heavy atom. The van der Waals surface area contributed by atoms with Crippen LogP contribution in [0.4, 0.5) is 0 Å². The Hall–Kier alpha value is -2.66. The summed E-state index contributed by atoms with van der Waals surface area (Å²) in [7, 11) is 3.00. The molecule has 1 fully saturated rings. The average molecular weight is 394 g/mol. The van der Waals surface area contributed by atoms with E-state index in [1.165, 1.54) is 25.0 Å². The van der Waals surface area contributed by atoms with Gasteiger partial charge in [-0.3, -0.25) is 14.3 Å². The maximum atomic E-state index is 12.2. The summed E-state index contributed by atoms with van der Waals surface area (Å²) in [5, 5.41) is 29.3. The first kappa shape index (κ1) is 20.1. The van der Waals surface area contributed by atoms with Crippen molar-refractivity contribution in [2.45, 2.75) is 31.0 Å². The summed E-state index contributed by atoms with van der Waals surface area (Å²) in [6.07, 6.45) is -3.68. The molecular weight excluding hydrogens is 372 g/mol. The topological polar surface area (TPSA) is 143 Å². The quantitative estimate of drug-likeness (QED) is 0.476. The maximum absolute atomic E-state index is 12.2. The molecule has 2 heterocycles. The van der Waals surface area contributed by atoms with Gasteiger partial charge in [0.1, 0.15) is 24.4 Å². The Balaban J connectivity index is 1.95. The Kier molecular flexibility index (Phi) is 5.84. The molecule has 1 aliphatic heterocycles. The van der Waals surface area contributed by atoms with E-state index in [1.54, 1.807) is 18.2 Å². The number of rotatable bonds is 6. The van der Waals surface area contributed by atoms with E-state index in [2.05, 4.69) is 4.98 Å². The Morgan fingerprint density at radius 1 is 1.14 bits per heavy atom. The molecule has 0 unspecified atom stereocenters. The van der Waals surface area contributed by atoms with E-state index in [1.807, 2.05) is 0 Å². The molecule has 1 aliphatic rings. The van der Waals surface area contributed by atoms with Crippen molar-refractivity contribution in [3.05, 3.63) is 56.4 Å². The van der Waals surface area contributed by atoms with E-state index in [0.717, 1.165) is 0 Å². The first-order valence-corrected chi connectivity index (χ1v) is 8.56. The van der Waals surface area contributed by atoms with E-state index in [4.69, 9.17) is 14.2 Å². The number of methoxy groups -OCH3 is 2. The summed E-state index contributed by atoms with van der Waals surface area (Å²) in [5.41, 5.74) is -0.694. The Labute approximate surface area is 159 Å². The minimum absolute atomic E-state index is 0.0254. The monoisotopic (exact) mass is 394 g/mol. The van der Waals surface area contributed by atoms with Crippen LogP contribution < -0.4 is 20.7 Å². The van der Waals surface area contributed by atoms with Crippen molar-refractivity contribution in [3.8, 4) is 11.5 Å². The number of benzene rings is 1. The zero-order chi connectivity index (χ0) is 20.4. The van der Waals surface area contributed by atoms with Crippen molar-refractivity contribution in [2.24, 2.45) is 0 Å². The van der Waals surface area contributed by atoms with E-state index >= 15 is 0 Å². The van der Waals surface area contributed by atoms with Gasteiger partial charge in [-0.25, -0.2) is 4.79 Å². The third kappa shape index (κ3) is 3.67. The van der Waals surface area contributed by atoms with Gasteiger partial charge in [0.05, 0.1) is 32.9 Å². The number of aliphatic hydroxyl groups excluding tert-OH is 3. The van der Waals surface area contributed by atoms with Crippen LogP contribution in [0.2, 0.25) is 0 Å². The van der Waals surface area contributed by atoms with Gasteiger partial charge in [-0.15, -0.1) is 0 Å². The number of nitrogens with zero attached hydrogens (tertiary/aromatic N) is 1. The van der Waals surface area contributed by atoms with Crippen LogP contribution in [0.1, 0.15) is 17.2 Å². The number of hydrogen-bond donors (Lipinski definition) is 4. The molecular formula is C18H22N2O8. The Morgan fingerprint density at radius 2 is 1.86 bits per heavy atom. The minimum atomic E-state index is -1.41. The lowest BCUT2D eigenvalue weighted by atomic mass is 10.0. The second-order valence-electron chi connectivity index (χ2n) is 6.42. The number of H-pyrrole nitrogens is 1. The molecule has 0 radical (unpaired) electrons. The number of aromatic amines is 1. The van der Waals surface area contributed by atoms with Crippen molar-refractivity contribution in [3.63, 3.8) is 0 Å². The summed E-state index contributed by atoms with van der Waals surface area (Å²) < 4.78 is 17.1. The van der Waals surface area contributed by atoms with Crippen LogP contribution in [-0.2, 0) is 11.3 Å². The molecule has 1 saturated heterocycles. The van der Waals surface area contributed by atoms with Gasteiger partial charge in [0, 0.05) is 6.20 Å². The lowest BCUT2D eigenvalue weighted by Gasteiger charge is -2.16. The zero-order valence-corrected chi connectivity index (χ0v) is 15.4. The molecule has 0 spiro atoms. The molecule has 0 bridgehead atoms. The van der Waals surface area contributed by atoms with Crippen molar-refractivity contribution in [1.29, 1.82) is 0 Å². The summed E-state index contributed by atoms with van der Waals surface area (Å²) >= 11 is 0. The van der Waals surface area contributed by atoms with Gasteiger partial charge in [0.25, 0.3) is 5.56 Å². The normalized spacial score (nSPS) is 24.3. The molecule has 2 aromatic rings. The van der Waals surface area contributed by atoms with Crippen LogP contribution in [0.5, 0.6) is 11.5 Å². The third-order valence-corrected chi connectivity index (χ3v) is 4.69. The fraction of sp³-hybridized carbons (Fsp3) is 0.444. The third-order valence-electron chi connectivity index (χ3n) is 4.69. The maximum Gasteiger partial charge on any atom is 0.328 e. The number of nitrogens with one attached hydrogen (secondary N) is 1. The van der Waals surface area contributed by atoms with Crippen molar-refractivity contribution >= 4 is 0 Å². The predicted molar refractivity (Wildman–Crippen MR) is 96.7 cm³/mol. The average Bonchev–Trinajstić information content (AvgIpc) is 2.98. The summed E-state index contributed by atoms with van der Waals surface area (Å²) in [5.74, 6) is 1.02. The molecule has 152 valence electrons. The smallest absolute Gasteiger partial charge is 0.328 e. The standard InChI is InChI=1S/C18H22N2O8/c1-26-11-4-3-9(5-12(11)27-2)6-20-7-10(17(24)19-18(20)25)16-15(23)14(22)13(8-21)28-16/h3-5,7,13-16,21-23H,6,8H2,1-2H3,(H,19,24,25)/t13-,14-,15-,16+/m1/s1. The molecule has 28 heavy (non-hydrogen) atoms. The number of hydrogen-bond acceptors (Lipinski definition) is 8. The Bertz CT molecular complexity index is 953. The SMILES string of the molecule is COc1ccc(Cn2cc([C@@H]3O[C@H](CO)[C@@H](O)[C@H]3O)c(=O)[nH]c2=O)cc1OC. The van der Waals surface area contributed by atoms with E-state index < -0.39 is 42.3 Å². The molecule has 4 N–H and O–H groups in total. The molecule has 4 atom stereocenters. The van der Waals surface area contributed by atoms with Gasteiger partial charge in [0.2, 0.25) is 0 Å². The van der Waals surface area contributed by atoms with Crippen molar-refractivity contribution in [1.82, 2.24) is 9.55 Å². The largest absolute Gasteiger partial charge is 0.493 e. The van der Waals surface area contributed by atoms with Crippen molar-refractivity contribution < 1.29 is 29.5 Å². The van der Waals surface area contributed by atoms with E-state index in [0.29, 0.717) is 17.1 Å². The zero-order valence-electron chi connectivity index (χ0n) is 15.4. The molecule has 1 aromatic carbocycles. The summed E-state index contributed by atoms with van der Waals surface area (Å²) in [4.78, 5) is 26.6. The molecule has 0 saturated carbocycles. The number of aromatic nitrogens is 2. The van der Waals surface area contributed by atoms with Crippen LogP contribution in [0.3, 0.4) is 0 Å². The van der Waals surface area contributed by atoms with Gasteiger partial charge in [0.15, 0.2) is 11.5 Å². The lowest BCUT2D eigenvalue weighted by molar-refractivity contribution is -0.0233. The van der Waals surface area contributed by atoms with Crippen LogP contribution >= 0.6 is 0 Å². The highest BCUT2D eigenvalue weighted by Crippen LogP contribution is 2.32. The summed E-state index contributed by atoms with van der Waals surface area (Å²) in [6.45, 7) is -0.407. The number of ether oxygens (including phenoxy) is 3. The van der Waals surface area contributed by atoms with E-state index in [9.17, 15) is 24.9 Å². The molecule has 10 heteroatoms. The lowest BCUT2D eigenvalue weighted by Crippen LogP contribution is -2.36. The van der Waals surface area contributed by atoms with Crippen molar-refractivity contribution in [2.75, 3.05) is 20.8 Å². The fourth-order valence-electron chi connectivity index (χ4n) is 3.18. The number of aliphatic hydroxyl groups is 3. The van der Waals surface area contributed by atoms with Gasteiger partial charge in [-0.1, -0.05) is 6.07 Å². The molecule has 10 nitrogen and oxygen atoms in total. The fourth-order valence-corrected chi connectivity index (χ4v) is 3.18. The van der Waals surface area contributed by atoms with Crippen LogP contribution in [0.15, 0.2) is 34.0 Å². The van der Waals surface area contributed by atoms with Gasteiger partial charge in [-0.05, 0) is 17.7 Å².